The molecule has 27 heavy (non-hydrogen) atoms. The molecule has 0 radical (unpaired) electrons. The lowest BCUT2D eigenvalue weighted by atomic mass is 10.1. The van der Waals surface area contributed by atoms with Crippen LogP contribution in [0, 0.1) is 0 Å². The van der Waals surface area contributed by atoms with Crippen LogP contribution in [0.2, 0.25) is 0 Å². The van der Waals surface area contributed by atoms with Crippen molar-refractivity contribution in [3.05, 3.63) is 0 Å². The van der Waals surface area contributed by atoms with Gasteiger partial charge in [-0.1, -0.05) is 123 Å². The summed E-state index contributed by atoms with van der Waals surface area (Å²) in [7, 11) is 0. The van der Waals surface area contributed by atoms with E-state index in [0.29, 0.717) is 0 Å². The van der Waals surface area contributed by atoms with Gasteiger partial charge in [-0.3, -0.25) is 0 Å². The molecule has 0 aromatic carbocycles. The van der Waals surface area contributed by atoms with Crippen LogP contribution in [-0.4, -0.2) is 12.2 Å². The minimum atomic E-state index is 0.164. The lowest BCUT2D eigenvalue weighted by Gasteiger charge is -2.17. The molecule has 0 aliphatic carbocycles. The summed E-state index contributed by atoms with van der Waals surface area (Å²) in [6.45, 7) is 8.85. The van der Waals surface area contributed by atoms with E-state index in [4.69, 9.17) is 14.8 Å². The summed E-state index contributed by atoms with van der Waals surface area (Å²) in [6, 6.07) is 0. The van der Waals surface area contributed by atoms with E-state index in [9.17, 15) is 0 Å². The molecular formula is C24H50O3. The van der Waals surface area contributed by atoms with Gasteiger partial charge < -0.3 is 0 Å². The van der Waals surface area contributed by atoms with Gasteiger partial charge in [0.15, 0.2) is 0 Å². The number of rotatable bonds is 22. The molecule has 0 aliphatic rings. The molecule has 0 N–H and O–H groups in total. The highest BCUT2D eigenvalue weighted by Gasteiger charge is 2.12. The van der Waals surface area contributed by atoms with Crippen molar-refractivity contribution in [1.82, 2.24) is 0 Å². The molecule has 0 saturated heterocycles. The third-order valence-corrected chi connectivity index (χ3v) is 5.52. The van der Waals surface area contributed by atoms with Crippen LogP contribution in [0.25, 0.3) is 0 Å². The van der Waals surface area contributed by atoms with Gasteiger partial charge in [-0.05, 0) is 25.7 Å². The quantitative estimate of drug-likeness (QED) is 0.106. The second kappa shape index (κ2) is 22.2. The lowest BCUT2D eigenvalue weighted by Crippen LogP contribution is -2.17. The summed E-state index contributed by atoms with van der Waals surface area (Å²) in [4.78, 5) is 11.0. The zero-order valence-electron chi connectivity index (χ0n) is 19.1. The minimum absolute atomic E-state index is 0.164. The van der Waals surface area contributed by atoms with Crippen LogP contribution in [0.5, 0.6) is 0 Å². The summed E-state index contributed by atoms with van der Waals surface area (Å²) in [6.07, 6.45) is 23.1. The zero-order valence-corrected chi connectivity index (χ0v) is 19.1. The standard InChI is InChI=1S/C24H50O3/c1-5-9-11-13-15-17-19-21-23(7-3)25-27-26-24(8-4)22-20-18-16-14-12-10-6-2/h23-24H,5-22H2,1-4H3. The summed E-state index contributed by atoms with van der Waals surface area (Å²) in [5.41, 5.74) is 0. The molecule has 0 aromatic heterocycles. The number of hydrogen-bond donors (Lipinski definition) is 0. The van der Waals surface area contributed by atoms with E-state index < -0.39 is 0 Å². The van der Waals surface area contributed by atoms with Gasteiger partial charge in [0.1, 0.15) is 0 Å². The molecule has 0 saturated carbocycles. The van der Waals surface area contributed by atoms with Crippen LogP contribution in [0.4, 0.5) is 0 Å². The molecule has 2 unspecified atom stereocenters. The first-order chi connectivity index (χ1) is 13.3. The molecular weight excluding hydrogens is 336 g/mol. The lowest BCUT2D eigenvalue weighted by molar-refractivity contribution is -0.540. The fourth-order valence-corrected chi connectivity index (χ4v) is 3.43. The highest BCUT2D eigenvalue weighted by molar-refractivity contribution is 4.56. The fraction of sp³-hybridized carbons (Fsp3) is 1.00. The van der Waals surface area contributed by atoms with Gasteiger partial charge in [-0.25, -0.2) is 9.78 Å². The van der Waals surface area contributed by atoms with Crippen molar-refractivity contribution in [1.29, 1.82) is 0 Å². The van der Waals surface area contributed by atoms with E-state index in [1.54, 1.807) is 0 Å². The molecule has 2 atom stereocenters. The van der Waals surface area contributed by atoms with Crippen molar-refractivity contribution >= 4 is 0 Å². The van der Waals surface area contributed by atoms with Crippen molar-refractivity contribution in [2.24, 2.45) is 0 Å². The molecule has 0 rings (SSSR count). The zero-order chi connectivity index (χ0) is 20.0. The van der Waals surface area contributed by atoms with Crippen molar-refractivity contribution in [2.75, 3.05) is 0 Å². The van der Waals surface area contributed by atoms with E-state index in [2.05, 4.69) is 27.7 Å². The van der Waals surface area contributed by atoms with Crippen LogP contribution in [0.3, 0.4) is 0 Å². The highest BCUT2D eigenvalue weighted by Crippen LogP contribution is 2.16. The first-order valence-corrected chi connectivity index (χ1v) is 12.3. The largest absolute Gasteiger partial charge is 0.203 e. The van der Waals surface area contributed by atoms with Crippen LogP contribution in [0.15, 0.2) is 0 Å². The van der Waals surface area contributed by atoms with Gasteiger partial charge in [0.2, 0.25) is 0 Å². The van der Waals surface area contributed by atoms with E-state index in [0.717, 1.165) is 25.7 Å². The van der Waals surface area contributed by atoms with Gasteiger partial charge in [-0.2, -0.15) is 0 Å². The molecule has 0 amide bonds. The van der Waals surface area contributed by atoms with E-state index in [1.165, 1.54) is 89.9 Å². The van der Waals surface area contributed by atoms with Crippen LogP contribution in [0.1, 0.15) is 143 Å². The molecule has 0 heterocycles. The Hall–Kier alpha value is -0.120. The molecule has 0 aliphatic heterocycles. The van der Waals surface area contributed by atoms with E-state index in [1.807, 2.05) is 0 Å². The monoisotopic (exact) mass is 386 g/mol. The third-order valence-electron chi connectivity index (χ3n) is 5.52. The Morgan fingerprint density at radius 3 is 1.11 bits per heavy atom. The number of hydrogen-bond acceptors (Lipinski definition) is 3. The summed E-state index contributed by atoms with van der Waals surface area (Å²) >= 11 is 0. The van der Waals surface area contributed by atoms with Gasteiger partial charge >= 0.3 is 0 Å². The van der Waals surface area contributed by atoms with Crippen molar-refractivity contribution < 1.29 is 14.8 Å². The van der Waals surface area contributed by atoms with Crippen LogP contribution >= 0.6 is 0 Å². The molecule has 0 bridgehead atoms. The SMILES string of the molecule is CCCCCCCCCC(CC)OOOC(CC)CCCCCCCCC. The highest BCUT2D eigenvalue weighted by atomic mass is 17.5. The van der Waals surface area contributed by atoms with E-state index in [-0.39, 0.29) is 12.2 Å². The number of unbranched alkanes of at least 4 members (excludes halogenated alkanes) is 12. The molecule has 0 fully saturated rings. The van der Waals surface area contributed by atoms with Gasteiger partial charge in [-0.15, -0.1) is 0 Å². The van der Waals surface area contributed by atoms with Crippen LogP contribution < -0.4 is 0 Å². The third kappa shape index (κ3) is 19.0. The Bertz CT molecular complexity index is 244. The topological polar surface area (TPSA) is 27.7 Å². The predicted octanol–water partition coefficient (Wildman–Crippen LogP) is 8.70. The van der Waals surface area contributed by atoms with E-state index >= 15 is 0 Å². The molecule has 0 aromatic rings. The fourth-order valence-electron chi connectivity index (χ4n) is 3.43. The minimum Gasteiger partial charge on any atom is -0.203 e. The second-order valence-corrected chi connectivity index (χ2v) is 8.14. The Labute approximate surface area is 170 Å². The van der Waals surface area contributed by atoms with Gasteiger partial charge in [0, 0.05) is 0 Å². The first-order valence-electron chi connectivity index (χ1n) is 12.3. The maximum absolute atomic E-state index is 5.52. The molecule has 3 heteroatoms. The first kappa shape index (κ1) is 26.9. The molecule has 3 nitrogen and oxygen atoms in total. The summed E-state index contributed by atoms with van der Waals surface area (Å²) in [5, 5.41) is 5.16. The smallest absolute Gasteiger partial charge is 0.0958 e. The van der Waals surface area contributed by atoms with Gasteiger partial charge in [0.05, 0.1) is 12.2 Å². The van der Waals surface area contributed by atoms with Crippen molar-refractivity contribution in [2.45, 2.75) is 155 Å². The molecule has 0 spiro atoms. The Morgan fingerprint density at radius 2 is 0.778 bits per heavy atom. The second-order valence-electron chi connectivity index (χ2n) is 8.14. The normalized spacial score (nSPS) is 13.8. The average molecular weight is 387 g/mol. The Balaban J connectivity index is 3.60. The Kier molecular flexibility index (Phi) is 22.1. The van der Waals surface area contributed by atoms with Crippen molar-refractivity contribution in [3.63, 3.8) is 0 Å². The average Bonchev–Trinajstić information content (AvgIpc) is 2.69. The van der Waals surface area contributed by atoms with Crippen molar-refractivity contribution in [3.8, 4) is 0 Å². The predicted molar refractivity (Wildman–Crippen MR) is 117 cm³/mol. The summed E-state index contributed by atoms with van der Waals surface area (Å²) < 4.78 is 0. The molecule has 164 valence electrons. The maximum Gasteiger partial charge on any atom is 0.0958 e. The maximum atomic E-state index is 5.52. The summed E-state index contributed by atoms with van der Waals surface area (Å²) in [5.74, 6) is 0. The van der Waals surface area contributed by atoms with Crippen LogP contribution in [-0.2, 0) is 14.8 Å². The Morgan fingerprint density at radius 1 is 0.444 bits per heavy atom. The van der Waals surface area contributed by atoms with Gasteiger partial charge in [0.25, 0.3) is 0 Å².